The number of pyridine rings is 1. The van der Waals surface area contributed by atoms with E-state index in [4.69, 9.17) is 15.9 Å². The highest BCUT2D eigenvalue weighted by molar-refractivity contribution is 5.76. The Morgan fingerprint density at radius 3 is 2.83 bits per heavy atom. The van der Waals surface area contributed by atoms with Crippen molar-refractivity contribution in [2.45, 2.75) is 37.9 Å². The van der Waals surface area contributed by atoms with E-state index in [9.17, 15) is 4.79 Å². The van der Waals surface area contributed by atoms with E-state index in [2.05, 4.69) is 26.4 Å². The summed E-state index contributed by atoms with van der Waals surface area (Å²) in [6.07, 6.45) is 9.14. The monoisotopic (exact) mass is 314 g/mol. The van der Waals surface area contributed by atoms with Gasteiger partial charge in [-0.3, -0.25) is 9.78 Å². The number of hydrogen-bond donors (Lipinski definition) is 1. The van der Waals surface area contributed by atoms with Gasteiger partial charge in [-0.25, -0.2) is 0 Å². The topological polar surface area (TPSA) is 85.2 Å². The predicted octanol–water partition coefficient (Wildman–Crippen LogP) is 1.82. The van der Waals surface area contributed by atoms with Gasteiger partial charge < -0.3 is 14.8 Å². The van der Waals surface area contributed by atoms with E-state index < -0.39 is 5.66 Å². The average Bonchev–Trinajstić information content (AvgIpc) is 3.36. The van der Waals surface area contributed by atoms with Crippen LogP contribution in [0.3, 0.4) is 0 Å². The second-order valence-corrected chi connectivity index (χ2v) is 5.48. The molecule has 0 saturated carbocycles. The van der Waals surface area contributed by atoms with Crippen LogP contribution >= 0.6 is 0 Å². The first-order chi connectivity index (χ1) is 11.2. The Balaban J connectivity index is 1.43. The zero-order chi connectivity index (χ0) is 16.1. The number of terminal acetylenes is 1. The van der Waals surface area contributed by atoms with E-state index in [1.54, 1.807) is 12.3 Å². The van der Waals surface area contributed by atoms with Crippen LogP contribution in [0.2, 0.25) is 0 Å². The van der Waals surface area contributed by atoms with Crippen LogP contribution in [0.15, 0.2) is 22.5 Å². The average molecular weight is 314 g/mol. The molecule has 0 radical (unpaired) electrons. The molecule has 1 aromatic rings. The minimum Gasteiger partial charge on any atom is -0.486 e. The second-order valence-electron chi connectivity index (χ2n) is 5.48. The summed E-state index contributed by atoms with van der Waals surface area (Å²) in [6.45, 7) is 1.40. The third kappa shape index (κ3) is 3.97. The number of nitrogens with one attached hydrogen (secondary N) is 1. The van der Waals surface area contributed by atoms with Crippen molar-refractivity contribution in [3.05, 3.63) is 18.0 Å². The van der Waals surface area contributed by atoms with Crippen LogP contribution in [0, 0.1) is 12.3 Å². The molecule has 2 aliphatic rings. The maximum absolute atomic E-state index is 11.9. The number of aromatic nitrogens is 1. The van der Waals surface area contributed by atoms with Crippen molar-refractivity contribution < 1.29 is 14.3 Å². The molecule has 1 aromatic heterocycles. The number of fused-ring (bicyclic) bond motifs is 1. The van der Waals surface area contributed by atoms with Crippen LogP contribution in [0.1, 0.15) is 31.4 Å². The zero-order valence-electron chi connectivity index (χ0n) is 12.7. The van der Waals surface area contributed by atoms with Gasteiger partial charge in [0, 0.05) is 31.7 Å². The van der Waals surface area contributed by atoms with E-state index in [0.29, 0.717) is 56.9 Å². The van der Waals surface area contributed by atoms with Crippen molar-refractivity contribution in [3.63, 3.8) is 0 Å². The van der Waals surface area contributed by atoms with E-state index in [-0.39, 0.29) is 5.91 Å². The van der Waals surface area contributed by atoms with E-state index in [0.717, 1.165) is 5.69 Å². The molecule has 1 N–H and O–H groups in total. The van der Waals surface area contributed by atoms with Gasteiger partial charge in [-0.2, -0.15) is 10.2 Å². The van der Waals surface area contributed by atoms with Gasteiger partial charge in [0.25, 0.3) is 0 Å². The third-order valence-electron chi connectivity index (χ3n) is 3.76. The molecule has 0 aromatic carbocycles. The molecular weight excluding hydrogens is 296 g/mol. The second kappa shape index (κ2) is 6.65. The van der Waals surface area contributed by atoms with Gasteiger partial charge in [-0.1, -0.05) is 0 Å². The minimum atomic E-state index is -0.418. The van der Waals surface area contributed by atoms with Gasteiger partial charge in [-0.05, 0) is 0 Å². The van der Waals surface area contributed by atoms with Gasteiger partial charge in [0.05, 0.1) is 18.4 Å². The smallest absolute Gasteiger partial charge is 0.220 e. The van der Waals surface area contributed by atoms with Crippen LogP contribution in [-0.2, 0) is 11.3 Å². The molecule has 0 aliphatic carbocycles. The molecule has 0 unspecified atom stereocenters. The van der Waals surface area contributed by atoms with Crippen LogP contribution in [0.5, 0.6) is 11.5 Å². The summed E-state index contributed by atoms with van der Waals surface area (Å²) in [7, 11) is 0. The molecule has 1 amide bonds. The molecule has 0 atom stereocenters. The van der Waals surface area contributed by atoms with Crippen molar-refractivity contribution in [1.29, 1.82) is 0 Å². The van der Waals surface area contributed by atoms with Crippen molar-refractivity contribution in [2.24, 2.45) is 10.2 Å². The van der Waals surface area contributed by atoms with Crippen molar-refractivity contribution in [1.82, 2.24) is 10.3 Å². The highest BCUT2D eigenvalue weighted by Crippen LogP contribution is 2.37. The first kappa shape index (κ1) is 15.3. The van der Waals surface area contributed by atoms with E-state index >= 15 is 0 Å². The summed E-state index contributed by atoms with van der Waals surface area (Å²) in [5.74, 6) is 3.82. The number of amides is 1. The number of rotatable bonds is 7. The summed E-state index contributed by atoms with van der Waals surface area (Å²) in [6, 6.07) is 1.79. The fourth-order valence-corrected chi connectivity index (χ4v) is 2.35. The maximum atomic E-state index is 11.9. The number of nitrogens with zero attached hydrogens (tertiary/aromatic N) is 3. The lowest BCUT2D eigenvalue weighted by Gasteiger charge is -2.18. The summed E-state index contributed by atoms with van der Waals surface area (Å²) < 4.78 is 10.9. The first-order valence-corrected chi connectivity index (χ1v) is 7.59. The Bertz CT molecular complexity index is 660. The van der Waals surface area contributed by atoms with E-state index in [1.807, 2.05) is 0 Å². The quantitative estimate of drug-likeness (QED) is 0.778. The van der Waals surface area contributed by atoms with Gasteiger partial charge >= 0.3 is 0 Å². The van der Waals surface area contributed by atoms with Gasteiger partial charge in [0.2, 0.25) is 5.91 Å². The Kier molecular flexibility index (Phi) is 4.42. The molecule has 3 heterocycles. The molecule has 23 heavy (non-hydrogen) atoms. The molecule has 7 heteroatoms. The van der Waals surface area contributed by atoms with Crippen LogP contribution in [-0.4, -0.2) is 29.8 Å². The molecule has 2 aliphatic heterocycles. The van der Waals surface area contributed by atoms with Gasteiger partial charge in [0.15, 0.2) is 17.2 Å². The third-order valence-corrected chi connectivity index (χ3v) is 3.76. The molecular formula is C16H18N4O3. The number of carbonyl (C=O) groups excluding carboxylic acids is 1. The normalized spacial score (nSPS) is 16.5. The molecule has 0 bridgehead atoms. The number of ether oxygens (including phenoxy) is 2. The van der Waals surface area contributed by atoms with Gasteiger partial charge in [0.1, 0.15) is 13.2 Å². The molecule has 0 spiro atoms. The van der Waals surface area contributed by atoms with Crippen molar-refractivity contribution in [2.75, 3.05) is 13.2 Å². The molecule has 0 saturated heterocycles. The summed E-state index contributed by atoms with van der Waals surface area (Å²) in [4.78, 5) is 16.2. The zero-order valence-corrected chi connectivity index (χ0v) is 12.7. The largest absolute Gasteiger partial charge is 0.486 e. The first-order valence-electron chi connectivity index (χ1n) is 7.59. The lowest BCUT2D eigenvalue weighted by Crippen LogP contribution is -2.25. The maximum Gasteiger partial charge on any atom is 0.220 e. The number of hydrogen-bond acceptors (Lipinski definition) is 6. The SMILES string of the molecule is C#CCCC1(CCC(=O)NCc2cc3c(cn2)OCCO3)N=N1. The molecule has 120 valence electrons. The Hall–Kier alpha value is -2.62. The minimum absolute atomic E-state index is 0.0564. The summed E-state index contributed by atoms with van der Waals surface area (Å²) in [5, 5.41) is 10.9. The van der Waals surface area contributed by atoms with Crippen LogP contribution < -0.4 is 14.8 Å². The van der Waals surface area contributed by atoms with Crippen LogP contribution in [0.25, 0.3) is 0 Å². The van der Waals surface area contributed by atoms with Crippen molar-refractivity contribution >= 4 is 5.91 Å². The fourth-order valence-electron chi connectivity index (χ4n) is 2.35. The lowest BCUT2D eigenvalue weighted by molar-refractivity contribution is -0.121. The predicted molar refractivity (Wildman–Crippen MR) is 82.0 cm³/mol. The number of carbonyl (C=O) groups is 1. The van der Waals surface area contributed by atoms with Gasteiger partial charge in [-0.15, -0.1) is 12.3 Å². The summed E-state index contributed by atoms with van der Waals surface area (Å²) in [5.41, 5.74) is 0.310. The molecule has 7 nitrogen and oxygen atoms in total. The fraction of sp³-hybridized carbons (Fsp3) is 0.500. The highest BCUT2D eigenvalue weighted by atomic mass is 16.6. The standard InChI is InChI=1S/C16H18N4O3/c1-2-3-5-16(19-20-16)6-4-15(21)18-10-12-9-13-14(11-17-12)23-8-7-22-13/h1,9,11H,3-8,10H2,(H,18,21). The Morgan fingerprint density at radius 1 is 1.30 bits per heavy atom. The molecule has 0 fully saturated rings. The highest BCUT2D eigenvalue weighted by Gasteiger charge is 2.39. The van der Waals surface area contributed by atoms with E-state index in [1.165, 1.54) is 0 Å². The molecule has 3 rings (SSSR count). The lowest BCUT2D eigenvalue weighted by atomic mass is 10.0. The van der Waals surface area contributed by atoms with Crippen LogP contribution in [0.4, 0.5) is 0 Å². The Labute approximate surface area is 134 Å². The Morgan fingerprint density at radius 2 is 2.09 bits per heavy atom. The van der Waals surface area contributed by atoms with Crippen molar-refractivity contribution in [3.8, 4) is 23.8 Å². The summed E-state index contributed by atoms with van der Waals surface area (Å²) >= 11 is 0.